The van der Waals surface area contributed by atoms with Gasteiger partial charge in [-0.3, -0.25) is 4.79 Å². The fraction of sp³-hybridized carbons (Fsp3) is 0.312. The third-order valence-corrected chi connectivity index (χ3v) is 3.73. The minimum absolute atomic E-state index is 0.0663. The van der Waals surface area contributed by atoms with Crippen LogP contribution >= 0.6 is 0 Å². The van der Waals surface area contributed by atoms with E-state index in [0.29, 0.717) is 5.56 Å². The molecule has 4 heteroatoms. The third kappa shape index (κ3) is 2.47. The second-order valence-electron chi connectivity index (χ2n) is 5.07. The summed E-state index contributed by atoms with van der Waals surface area (Å²) in [5.41, 5.74) is 1.64. The molecule has 3 rings (SSSR count). The average molecular weight is 271 g/mol. The summed E-state index contributed by atoms with van der Waals surface area (Å²) in [5.74, 6) is 0.575. The molecule has 2 N–H and O–H groups in total. The number of carbonyl (C=O) groups excluding carboxylic acids is 1. The number of benzene rings is 1. The van der Waals surface area contributed by atoms with Crippen molar-refractivity contribution in [2.24, 2.45) is 0 Å². The minimum Gasteiger partial charge on any atom is -0.469 e. The van der Waals surface area contributed by atoms with Crippen molar-refractivity contribution in [3.8, 4) is 0 Å². The van der Waals surface area contributed by atoms with Gasteiger partial charge in [0.15, 0.2) is 6.10 Å². The first kappa shape index (κ1) is 12.9. The monoisotopic (exact) mass is 271 g/mol. The highest BCUT2D eigenvalue weighted by molar-refractivity contribution is 5.82. The summed E-state index contributed by atoms with van der Waals surface area (Å²) < 4.78 is 5.40. The number of aliphatic hydroxyl groups excluding tert-OH is 1. The van der Waals surface area contributed by atoms with E-state index in [4.69, 9.17) is 4.42 Å². The molecule has 1 aromatic heterocycles. The minimum atomic E-state index is -1.13. The van der Waals surface area contributed by atoms with Gasteiger partial charge in [0, 0.05) is 12.0 Å². The number of hydrogen-bond acceptors (Lipinski definition) is 3. The van der Waals surface area contributed by atoms with Crippen molar-refractivity contribution in [3.05, 3.63) is 59.5 Å². The first-order valence-corrected chi connectivity index (χ1v) is 6.85. The maximum Gasteiger partial charge on any atom is 0.253 e. The third-order valence-electron chi connectivity index (χ3n) is 3.73. The Labute approximate surface area is 117 Å². The molecule has 0 radical (unpaired) electrons. The van der Waals surface area contributed by atoms with Crippen LogP contribution in [0.2, 0.25) is 0 Å². The Hall–Kier alpha value is -2.07. The van der Waals surface area contributed by atoms with Crippen LogP contribution in [0.4, 0.5) is 0 Å². The van der Waals surface area contributed by atoms with E-state index in [0.717, 1.165) is 30.6 Å². The molecule has 0 aliphatic heterocycles. The molecule has 104 valence electrons. The number of fused-ring (bicyclic) bond motifs is 1. The van der Waals surface area contributed by atoms with Gasteiger partial charge in [-0.2, -0.15) is 0 Å². The first-order valence-electron chi connectivity index (χ1n) is 6.85. The highest BCUT2D eigenvalue weighted by atomic mass is 16.3. The molecule has 0 bridgehead atoms. The standard InChI is InChI=1S/C16H17NO3/c18-15(11-5-2-1-3-6-11)16(19)17-13-7-4-8-14-12(13)9-10-20-14/h1-3,5-6,9-10,13,15,18H,4,7-8H2,(H,17,19). The summed E-state index contributed by atoms with van der Waals surface area (Å²) in [6.07, 6.45) is 3.29. The van der Waals surface area contributed by atoms with Crippen LogP contribution in [0, 0.1) is 0 Å². The van der Waals surface area contributed by atoms with Crippen LogP contribution in [-0.4, -0.2) is 11.0 Å². The SMILES string of the molecule is O=C(NC1CCCc2occc21)C(O)c1ccccc1. The van der Waals surface area contributed by atoms with Crippen molar-refractivity contribution in [2.75, 3.05) is 0 Å². The molecule has 20 heavy (non-hydrogen) atoms. The van der Waals surface area contributed by atoms with E-state index in [-0.39, 0.29) is 11.9 Å². The van der Waals surface area contributed by atoms with Crippen molar-refractivity contribution in [2.45, 2.75) is 31.4 Å². The Morgan fingerprint density at radius 1 is 1.30 bits per heavy atom. The molecule has 0 saturated heterocycles. The summed E-state index contributed by atoms with van der Waals surface area (Å²) in [5, 5.41) is 13.0. The number of carbonyl (C=O) groups is 1. The summed E-state index contributed by atoms with van der Waals surface area (Å²) in [4.78, 5) is 12.2. The van der Waals surface area contributed by atoms with E-state index in [1.54, 1.807) is 30.5 Å². The Morgan fingerprint density at radius 2 is 2.10 bits per heavy atom. The number of aliphatic hydroxyl groups is 1. The van der Waals surface area contributed by atoms with Crippen molar-refractivity contribution < 1.29 is 14.3 Å². The molecule has 0 saturated carbocycles. The van der Waals surface area contributed by atoms with E-state index >= 15 is 0 Å². The quantitative estimate of drug-likeness (QED) is 0.901. The van der Waals surface area contributed by atoms with Crippen LogP contribution in [0.1, 0.15) is 41.9 Å². The molecule has 1 aliphatic carbocycles. The zero-order valence-electron chi connectivity index (χ0n) is 11.1. The van der Waals surface area contributed by atoms with Crippen LogP contribution in [0.25, 0.3) is 0 Å². The second-order valence-corrected chi connectivity index (χ2v) is 5.07. The van der Waals surface area contributed by atoms with Crippen LogP contribution in [0.5, 0.6) is 0 Å². The molecule has 1 aromatic carbocycles. The van der Waals surface area contributed by atoms with E-state index in [1.165, 1.54) is 0 Å². The van der Waals surface area contributed by atoms with Crippen molar-refractivity contribution >= 4 is 5.91 Å². The van der Waals surface area contributed by atoms with Gasteiger partial charge in [-0.25, -0.2) is 0 Å². The lowest BCUT2D eigenvalue weighted by Gasteiger charge is -2.24. The van der Waals surface area contributed by atoms with Crippen molar-refractivity contribution in [1.82, 2.24) is 5.32 Å². The van der Waals surface area contributed by atoms with Gasteiger partial charge in [-0.15, -0.1) is 0 Å². The molecule has 2 aromatic rings. The van der Waals surface area contributed by atoms with E-state index < -0.39 is 6.10 Å². The summed E-state index contributed by atoms with van der Waals surface area (Å²) in [6, 6.07) is 10.8. The number of nitrogens with one attached hydrogen (secondary N) is 1. The molecule has 1 amide bonds. The van der Waals surface area contributed by atoms with Crippen molar-refractivity contribution in [3.63, 3.8) is 0 Å². The van der Waals surface area contributed by atoms with Gasteiger partial charge in [0.1, 0.15) is 5.76 Å². The van der Waals surface area contributed by atoms with Gasteiger partial charge in [-0.1, -0.05) is 30.3 Å². The average Bonchev–Trinajstić information content (AvgIpc) is 2.97. The van der Waals surface area contributed by atoms with Crippen LogP contribution in [0.15, 0.2) is 47.1 Å². The fourth-order valence-electron chi connectivity index (χ4n) is 2.67. The Kier molecular flexibility index (Phi) is 3.56. The number of amides is 1. The molecule has 2 atom stereocenters. The maximum absolute atomic E-state index is 12.2. The van der Waals surface area contributed by atoms with E-state index in [1.807, 2.05) is 12.1 Å². The molecule has 0 spiro atoms. The fourth-order valence-corrected chi connectivity index (χ4v) is 2.67. The lowest BCUT2D eigenvalue weighted by molar-refractivity contribution is -0.130. The van der Waals surface area contributed by atoms with E-state index in [9.17, 15) is 9.90 Å². The first-order chi connectivity index (χ1) is 9.75. The van der Waals surface area contributed by atoms with Gasteiger partial charge in [-0.05, 0) is 24.5 Å². The smallest absolute Gasteiger partial charge is 0.253 e. The molecule has 2 unspecified atom stereocenters. The highest BCUT2D eigenvalue weighted by Gasteiger charge is 2.26. The summed E-state index contributed by atoms with van der Waals surface area (Å²) in [6.45, 7) is 0. The number of hydrogen-bond donors (Lipinski definition) is 2. The molecule has 1 heterocycles. The van der Waals surface area contributed by atoms with E-state index in [2.05, 4.69) is 5.32 Å². The predicted octanol–water partition coefficient (Wildman–Crippen LogP) is 2.51. The van der Waals surface area contributed by atoms with Gasteiger partial charge in [0.25, 0.3) is 5.91 Å². The maximum atomic E-state index is 12.2. The van der Waals surface area contributed by atoms with Crippen molar-refractivity contribution in [1.29, 1.82) is 0 Å². The zero-order valence-corrected chi connectivity index (χ0v) is 11.1. The zero-order chi connectivity index (χ0) is 13.9. The normalized spacial score (nSPS) is 19.1. The molecular weight excluding hydrogens is 254 g/mol. The number of furan rings is 1. The van der Waals surface area contributed by atoms with Gasteiger partial charge < -0.3 is 14.8 Å². The second kappa shape index (κ2) is 5.51. The number of rotatable bonds is 3. The van der Waals surface area contributed by atoms with Crippen LogP contribution < -0.4 is 5.32 Å². The van der Waals surface area contributed by atoms with Crippen LogP contribution in [-0.2, 0) is 11.2 Å². The largest absolute Gasteiger partial charge is 0.469 e. The van der Waals surface area contributed by atoms with Gasteiger partial charge >= 0.3 is 0 Å². The summed E-state index contributed by atoms with van der Waals surface area (Å²) in [7, 11) is 0. The molecular formula is C16H17NO3. The lowest BCUT2D eigenvalue weighted by Crippen LogP contribution is -2.34. The molecule has 4 nitrogen and oxygen atoms in total. The Morgan fingerprint density at radius 3 is 2.90 bits per heavy atom. The summed E-state index contributed by atoms with van der Waals surface area (Å²) >= 11 is 0. The molecule has 0 fully saturated rings. The number of aryl methyl sites for hydroxylation is 1. The Balaban J connectivity index is 1.72. The topological polar surface area (TPSA) is 62.5 Å². The Bertz CT molecular complexity index is 591. The van der Waals surface area contributed by atoms with Gasteiger partial charge in [0.05, 0.1) is 12.3 Å². The molecule has 1 aliphatic rings. The van der Waals surface area contributed by atoms with Crippen LogP contribution in [0.3, 0.4) is 0 Å². The lowest BCUT2D eigenvalue weighted by atomic mass is 9.93. The van der Waals surface area contributed by atoms with Gasteiger partial charge in [0.2, 0.25) is 0 Å². The highest BCUT2D eigenvalue weighted by Crippen LogP contribution is 2.30. The predicted molar refractivity (Wildman–Crippen MR) is 73.9 cm³/mol.